The first-order valence-electron chi connectivity index (χ1n) is 9.23. The van der Waals surface area contributed by atoms with Gasteiger partial charge in [-0.05, 0) is 24.3 Å². The van der Waals surface area contributed by atoms with E-state index >= 15 is 0 Å². The number of anilines is 1. The second-order valence-corrected chi connectivity index (χ2v) is 7.39. The Balaban J connectivity index is 1.49. The van der Waals surface area contributed by atoms with Crippen LogP contribution in [0.5, 0.6) is 11.5 Å². The summed E-state index contributed by atoms with van der Waals surface area (Å²) in [6.07, 6.45) is 0.863. The highest BCUT2D eigenvalue weighted by Crippen LogP contribution is 2.36. The summed E-state index contributed by atoms with van der Waals surface area (Å²) in [5.41, 5.74) is 1.56. The van der Waals surface area contributed by atoms with Crippen LogP contribution in [0.3, 0.4) is 0 Å². The molecule has 1 saturated heterocycles. The zero-order chi connectivity index (χ0) is 19.7. The van der Waals surface area contributed by atoms with Crippen molar-refractivity contribution in [2.45, 2.75) is 18.9 Å². The molecule has 0 aromatic heterocycles. The van der Waals surface area contributed by atoms with Crippen LogP contribution in [0.2, 0.25) is 5.02 Å². The van der Waals surface area contributed by atoms with Crippen molar-refractivity contribution in [3.8, 4) is 11.5 Å². The lowest BCUT2D eigenvalue weighted by molar-refractivity contribution is -0.127. The molecule has 0 unspecified atom stereocenters. The molecular weight excluding hydrogens is 380 g/mol. The number of hydrogen-bond donors (Lipinski definition) is 1. The Morgan fingerprint density at radius 3 is 2.93 bits per heavy atom. The number of nitrogens with one attached hydrogen (secondary N) is 1. The number of halogens is 1. The summed E-state index contributed by atoms with van der Waals surface area (Å²) in [6.45, 7) is 0.851. The lowest BCUT2D eigenvalue weighted by Gasteiger charge is -2.27. The first kappa shape index (κ1) is 18.6. The van der Waals surface area contributed by atoms with Gasteiger partial charge in [-0.25, -0.2) is 0 Å². The monoisotopic (exact) mass is 400 g/mol. The minimum atomic E-state index is -0.425. The summed E-state index contributed by atoms with van der Waals surface area (Å²) in [4.78, 5) is 27.0. The number of ether oxygens (including phenoxy) is 2. The Kier molecular flexibility index (Phi) is 5.13. The molecule has 4 rings (SSSR count). The number of benzene rings is 2. The van der Waals surface area contributed by atoms with E-state index in [1.807, 2.05) is 24.3 Å². The second kappa shape index (κ2) is 7.72. The number of para-hydroxylation sites is 1. The predicted octanol–water partition coefficient (Wildman–Crippen LogP) is 3.34. The first-order chi connectivity index (χ1) is 13.6. The van der Waals surface area contributed by atoms with Crippen molar-refractivity contribution < 1.29 is 19.1 Å². The van der Waals surface area contributed by atoms with Crippen LogP contribution in [0.15, 0.2) is 42.5 Å². The summed E-state index contributed by atoms with van der Waals surface area (Å²) in [5.74, 6) is 0.682. The smallest absolute Gasteiger partial charge is 0.227 e. The SMILES string of the molecule is COc1ccc(Cl)cc1N1C[C@H](C(=O)N[C@@H]2CCOc3ccccc32)CC1=O. The third-order valence-electron chi connectivity index (χ3n) is 5.20. The number of fused-ring (bicyclic) bond motifs is 1. The Bertz CT molecular complexity index is 917. The number of carbonyl (C=O) groups excluding carboxylic acids is 2. The molecule has 2 heterocycles. The zero-order valence-electron chi connectivity index (χ0n) is 15.5. The van der Waals surface area contributed by atoms with E-state index in [9.17, 15) is 9.59 Å². The largest absolute Gasteiger partial charge is 0.495 e. The van der Waals surface area contributed by atoms with Crippen LogP contribution >= 0.6 is 11.6 Å². The maximum absolute atomic E-state index is 12.9. The van der Waals surface area contributed by atoms with Crippen LogP contribution in [-0.2, 0) is 9.59 Å². The van der Waals surface area contributed by atoms with Crippen molar-refractivity contribution in [2.24, 2.45) is 5.92 Å². The Labute approximate surface area is 168 Å². The van der Waals surface area contributed by atoms with Crippen molar-refractivity contribution in [2.75, 3.05) is 25.2 Å². The molecule has 28 heavy (non-hydrogen) atoms. The highest BCUT2D eigenvalue weighted by atomic mass is 35.5. The molecule has 0 bridgehead atoms. The zero-order valence-corrected chi connectivity index (χ0v) is 16.2. The van der Waals surface area contributed by atoms with E-state index in [0.29, 0.717) is 36.0 Å². The molecule has 7 heteroatoms. The van der Waals surface area contributed by atoms with Crippen LogP contribution in [0.4, 0.5) is 5.69 Å². The maximum atomic E-state index is 12.9. The van der Waals surface area contributed by atoms with Gasteiger partial charge in [-0.1, -0.05) is 29.8 Å². The van der Waals surface area contributed by atoms with Crippen molar-refractivity contribution in [3.63, 3.8) is 0 Å². The molecule has 2 atom stereocenters. The molecule has 2 aliphatic heterocycles. The number of methoxy groups -OCH3 is 1. The summed E-state index contributed by atoms with van der Waals surface area (Å²) in [5, 5.41) is 3.60. The fourth-order valence-electron chi connectivity index (χ4n) is 3.77. The second-order valence-electron chi connectivity index (χ2n) is 6.96. The van der Waals surface area contributed by atoms with Gasteiger partial charge in [-0.2, -0.15) is 0 Å². The van der Waals surface area contributed by atoms with Gasteiger partial charge in [0, 0.05) is 30.0 Å². The number of carbonyl (C=O) groups is 2. The van der Waals surface area contributed by atoms with E-state index in [2.05, 4.69) is 5.32 Å². The van der Waals surface area contributed by atoms with Crippen LogP contribution < -0.4 is 19.7 Å². The Morgan fingerprint density at radius 1 is 1.29 bits per heavy atom. The summed E-state index contributed by atoms with van der Waals surface area (Å²) in [7, 11) is 1.54. The summed E-state index contributed by atoms with van der Waals surface area (Å²) in [6, 6.07) is 12.7. The quantitative estimate of drug-likeness (QED) is 0.854. The molecule has 6 nitrogen and oxygen atoms in total. The molecule has 1 fully saturated rings. The van der Waals surface area contributed by atoms with E-state index in [1.165, 1.54) is 0 Å². The van der Waals surface area contributed by atoms with Gasteiger partial charge in [-0.3, -0.25) is 9.59 Å². The Hall–Kier alpha value is -2.73. The normalized spacial score (nSPS) is 21.1. The fraction of sp³-hybridized carbons (Fsp3) is 0.333. The lowest BCUT2D eigenvalue weighted by Crippen LogP contribution is -2.37. The van der Waals surface area contributed by atoms with Crippen LogP contribution in [0.1, 0.15) is 24.4 Å². The maximum Gasteiger partial charge on any atom is 0.227 e. The van der Waals surface area contributed by atoms with E-state index in [0.717, 1.165) is 11.3 Å². The molecule has 0 aliphatic carbocycles. The van der Waals surface area contributed by atoms with Gasteiger partial charge in [0.15, 0.2) is 0 Å². The minimum absolute atomic E-state index is 0.109. The summed E-state index contributed by atoms with van der Waals surface area (Å²) < 4.78 is 11.0. The lowest BCUT2D eigenvalue weighted by atomic mass is 9.99. The Morgan fingerprint density at radius 2 is 2.11 bits per heavy atom. The standard InChI is InChI=1S/C21H21ClN2O4/c1-27-19-7-6-14(22)11-17(19)24-12-13(10-20(24)25)21(26)23-16-8-9-28-18-5-3-2-4-15(16)18/h2-7,11,13,16H,8-10,12H2,1H3,(H,23,26)/t13-,16-/m1/s1. The van der Waals surface area contributed by atoms with E-state index in [-0.39, 0.29) is 24.3 Å². The van der Waals surface area contributed by atoms with E-state index in [1.54, 1.807) is 30.2 Å². The molecule has 2 aromatic carbocycles. The molecule has 146 valence electrons. The topological polar surface area (TPSA) is 67.9 Å². The van der Waals surface area contributed by atoms with Gasteiger partial charge >= 0.3 is 0 Å². The predicted molar refractivity (Wildman–Crippen MR) is 106 cm³/mol. The highest BCUT2D eigenvalue weighted by molar-refractivity contribution is 6.31. The third kappa shape index (κ3) is 3.52. The van der Waals surface area contributed by atoms with Gasteiger partial charge in [-0.15, -0.1) is 0 Å². The highest BCUT2D eigenvalue weighted by Gasteiger charge is 2.37. The first-order valence-corrected chi connectivity index (χ1v) is 9.60. The average molecular weight is 401 g/mol. The molecule has 2 amide bonds. The molecule has 0 spiro atoms. The molecular formula is C21H21ClN2O4. The molecule has 0 saturated carbocycles. The van der Waals surface area contributed by atoms with Crippen LogP contribution in [-0.4, -0.2) is 32.1 Å². The van der Waals surface area contributed by atoms with Crippen molar-refractivity contribution in [1.29, 1.82) is 0 Å². The van der Waals surface area contributed by atoms with Gasteiger partial charge in [0.2, 0.25) is 11.8 Å². The van der Waals surface area contributed by atoms with Gasteiger partial charge in [0.1, 0.15) is 11.5 Å². The van der Waals surface area contributed by atoms with Crippen molar-refractivity contribution in [1.82, 2.24) is 5.32 Å². The number of amides is 2. The van der Waals surface area contributed by atoms with E-state index in [4.69, 9.17) is 21.1 Å². The number of hydrogen-bond acceptors (Lipinski definition) is 4. The number of rotatable bonds is 4. The molecule has 2 aliphatic rings. The minimum Gasteiger partial charge on any atom is -0.495 e. The van der Waals surface area contributed by atoms with Crippen LogP contribution in [0, 0.1) is 5.92 Å². The average Bonchev–Trinajstić information content (AvgIpc) is 3.10. The van der Waals surface area contributed by atoms with Gasteiger partial charge < -0.3 is 19.7 Å². The molecule has 1 N–H and O–H groups in total. The fourth-order valence-corrected chi connectivity index (χ4v) is 3.94. The van der Waals surface area contributed by atoms with Crippen molar-refractivity contribution >= 4 is 29.1 Å². The van der Waals surface area contributed by atoms with Crippen LogP contribution in [0.25, 0.3) is 0 Å². The van der Waals surface area contributed by atoms with E-state index < -0.39 is 5.92 Å². The van der Waals surface area contributed by atoms with Gasteiger partial charge in [0.05, 0.1) is 31.4 Å². The molecule has 0 radical (unpaired) electrons. The third-order valence-corrected chi connectivity index (χ3v) is 5.44. The van der Waals surface area contributed by atoms with Gasteiger partial charge in [0.25, 0.3) is 0 Å². The van der Waals surface area contributed by atoms with Crippen molar-refractivity contribution in [3.05, 3.63) is 53.1 Å². The molecule has 2 aromatic rings. The number of nitrogens with zero attached hydrogens (tertiary/aromatic N) is 1. The summed E-state index contributed by atoms with van der Waals surface area (Å²) >= 11 is 6.09.